The molecule has 6 nitrogen and oxygen atoms in total. The van der Waals surface area contributed by atoms with Gasteiger partial charge < -0.3 is 10.0 Å². The van der Waals surface area contributed by atoms with Gasteiger partial charge >= 0.3 is 0 Å². The van der Waals surface area contributed by atoms with Gasteiger partial charge in [0.15, 0.2) is 0 Å². The lowest BCUT2D eigenvalue weighted by Crippen LogP contribution is -2.54. The molecule has 0 radical (unpaired) electrons. The molecule has 1 N–H and O–H groups in total. The van der Waals surface area contributed by atoms with Gasteiger partial charge in [-0.2, -0.15) is 0 Å². The topological polar surface area (TPSA) is 69.9 Å². The van der Waals surface area contributed by atoms with Crippen LogP contribution in [0, 0.1) is 10.1 Å². The highest BCUT2D eigenvalue weighted by atomic mass is 32.1. The number of aromatic hydroxyl groups is 1. The average Bonchev–Trinajstić information content (AvgIpc) is 2.48. The molecule has 0 amide bonds. The van der Waals surface area contributed by atoms with E-state index in [2.05, 4.69) is 24.5 Å². The van der Waals surface area contributed by atoms with Crippen molar-refractivity contribution in [1.29, 1.82) is 0 Å². The molecule has 0 spiro atoms. The van der Waals surface area contributed by atoms with Gasteiger partial charge in [-0.1, -0.05) is 19.1 Å². The summed E-state index contributed by atoms with van der Waals surface area (Å²) in [5.74, 6) is 0.0734. The summed E-state index contributed by atoms with van der Waals surface area (Å²) in [4.78, 5) is 14.8. The molecule has 1 aliphatic heterocycles. The minimum Gasteiger partial charge on any atom is -0.508 e. The fourth-order valence-corrected chi connectivity index (χ4v) is 3.24. The van der Waals surface area contributed by atoms with E-state index in [9.17, 15) is 15.2 Å². The molecule has 0 bridgehead atoms. The van der Waals surface area contributed by atoms with Gasteiger partial charge in [-0.25, -0.2) is 0 Å². The number of benzene rings is 1. The molecule has 1 aliphatic rings. The van der Waals surface area contributed by atoms with Crippen LogP contribution in [0.25, 0.3) is 0 Å². The third-order valence-electron chi connectivity index (χ3n) is 3.99. The maximum atomic E-state index is 10.9. The first kappa shape index (κ1) is 17.0. The normalized spacial score (nSPS) is 19.2. The van der Waals surface area contributed by atoms with Crippen LogP contribution in [0.15, 0.2) is 18.2 Å². The molecule has 1 heterocycles. The van der Waals surface area contributed by atoms with E-state index in [4.69, 9.17) is 12.2 Å². The highest BCUT2D eigenvalue weighted by Crippen LogP contribution is 2.26. The number of hydrogen-bond donors (Lipinski definition) is 2. The van der Waals surface area contributed by atoms with Crippen LogP contribution in [-0.4, -0.2) is 56.4 Å². The molecule has 1 aromatic rings. The quantitative estimate of drug-likeness (QED) is 0.378. The molecule has 8 heteroatoms. The summed E-state index contributed by atoms with van der Waals surface area (Å²) in [6.45, 7) is 5.51. The first-order chi connectivity index (χ1) is 10.4. The van der Waals surface area contributed by atoms with Gasteiger partial charge in [-0.15, -0.1) is 12.6 Å². The van der Waals surface area contributed by atoms with E-state index in [0.29, 0.717) is 16.3 Å². The van der Waals surface area contributed by atoms with Gasteiger partial charge in [0, 0.05) is 43.4 Å². The lowest BCUT2D eigenvalue weighted by atomic mass is 10.0. The summed E-state index contributed by atoms with van der Waals surface area (Å²) in [5, 5.41) is 20.9. The minimum atomic E-state index is -0.455. The molecule has 1 aromatic carbocycles. The molecule has 0 aromatic heterocycles. The number of nitrogens with zero attached hydrogens (tertiary/aromatic N) is 3. The Morgan fingerprint density at radius 1 is 1.55 bits per heavy atom. The van der Waals surface area contributed by atoms with Crippen molar-refractivity contribution in [1.82, 2.24) is 9.80 Å². The van der Waals surface area contributed by atoms with Crippen LogP contribution in [0.4, 0.5) is 5.69 Å². The van der Waals surface area contributed by atoms with E-state index in [1.165, 1.54) is 18.2 Å². The predicted octanol–water partition coefficient (Wildman–Crippen LogP) is 2.06. The highest BCUT2D eigenvalue weighted by Gasteiger charge is 2.28. The molecule has 1 atom stereocenters. The van der Waals surface area contributed by atoms with Crippen LogP contribution in [0.1, 0.15) is 12.5 Å². The molecule has 1 fully saturated rings. The first-order valence-electron chi connectivity index (χ1n) is 7.10. The van der Waals surface area contributed by atoms with Crippen molar-refractivity contribution < 1.29 is 10.0 Å². The van der Waals surface area contributed by atoms with Crippen LogP contribution in [-0.2, 0) is 6.42 Å². The lowest BCUT2D eigenvalue weighted by molar-refractivity contribution is -0.384. The van der Waals surface area contributed by atoms with E-state index < -0.39 is 4.92 Å². The second-order valence-corrected chi connectivity index (χ2v) is 6.41. The maximum absolute atomic E-state index is 10.9. The third kappa shape index (κ3) is 3.88. The lowest BCUT2D eigenvalue weighted by Gasteiger charge is -2.41. The van der Waals surface area contributed by atoms with Crippen molar-refractivity contribution in [2.75, 3.05) is 26.2 Å². The summed E-state index contributed by atoms with van der Waals surface area (Å²) >= 11 is 9.46. The maximum Gasteiger partial charge on any atom is 0.269 e. The Bertz CT molecular complexity index is 582. The van der Waals surface area contributed by atoms with E-state index in [1.807, 2.05) is 4.90 Å². The Hall–Kier alpha value is -1.38. The summed E-state index contributed by atoms with van der Waals surface area (Å²) in [6.07, 6.45) is 0.491. The van der Waals surface area contributed by atoms with Gasteiger partial charge in [0.2, 0.25) is 0 Å². The Balaban J connectivity index is 2.23. The zero-order valence-electron chi connectivity index (χ0n) is 12.3. The van der Waals surface area contributed by atoms with Gasteiger partial charge in [0.05, 0.1) is 4.92 Å². The van der Waals surface area contributed by atoms with E-state index >= 15 is 0 Å². The largest absolute Gasteiger partial charge is 0.508 e. The Kier molecular flexibility index (Phi) is 5.60. The van der Waals surface area contributed by atoms with E-state index in [-0.39, 0.29) is 17.5 Å². The van der Waals surface area contributed by atoms with Crippen LogP contribution < -0.4 is 0 Å². The van der Waals surface area contributed by atoms with Gasteiger partial charge in [-0.05, 0) is 19.0 Å². The molecule has 0 aliphatic carbocycles. The van der Waals surface area contributed by atoms with Gasteiger partial charge in [-0.3, -0.25) is 15.0 Å². The SMILES string of the molecule is CCN1CCN(C(=S)S)C(Cc2cc([N+](=O)[O-])ccc2O)C1. The summed E-state index contributed by atoms with van der Waals surface area (Å²) in [5.41, 5.74) is 0.544. The van der Waals surface area contributed by atoms with Crippen molar-refractivity contribution in [2.24, 2.45) is 0 Å². The number of hydrogen-bond acceptors (Lipinski definition) is 5. The molecule has 2 rings (SSSR count). The fourth-order valence-electron chi connectivity index (χ4n) is 2.74. The third-order valence-corrected chi connectivity index (χ3v) is 4.48. The number of thiocarbonyl (C=S) groups is 1. The van der Waals surface area contributed by atoms with E-state index in [1.54, 1.807) is 0 Å². The zero-order valence-corrected chi connectivity index (χ0v) is 14.0. The molecular formula is C14H19N3O3S2. The minimum absolute atomic E-state index is 0.0176. The molecule has 0 saturated carbocycles. The number of likely N-dealkylation sites (N-methyl/N-ethyl adjacent to an activating group) is 1. The summed E-state index contributed by atoms with van der Waals surface area (Å²) in [6, 6.07) is 4.16. The van der Waals surface area contributed by atoms with Crippen LogP contribution in [0.3, 0.4) is 0 Å². The first-order valence-corrected chi connectivity index (χ1v) is 7.96. The molecule has 120 valence electrons. The Labute approximate surface area is 140 Å². The number of thiol groups is 1. The second kappa shape index (κ2) is 7.26. The molecule has 22 heavy (non-hydrogen) atoms. The number of nitro groups is 1. The number of non-ortho nitro benzene ring substituents is 1. The highest BCUT2D eigenvalue weighted by molar-refractivity contribution is 8.10. The molecule has 1 saturated heterocycles. The summed E-state index contributed by atoms with van der Waals surface area (Å²) in [7, 11) is 0. The number of rotatable bonds is 4. The van der Waals surface area contributed by atoms with E-state index in [0.717, 1.165) is 26.2 Å². The van der Waals surface area contributed by atoms with Crippen molar-refractivity contribution in [2.45, 2.75) is 19.4 Å². The van der Waals surface area contributed by atoms with Crippen LogP contribution in [0.2, 0.25) is 0 Å². The Morgan fingerprint density at radius 3 is 2.86 bits per heavy atom. The fraction of sp³-hybridized carbons (Fsp3) is 0.500. The van der Waals surface area contributed by atoms with Crippen LogP contribution in [0.5, 0.6) is 5.75 Å². The number of phenols is 1. The smallest absolute Gasteiger partial charge is 0.269 e. The predicted molar refractivity (Wildman–Crippen MR) is 92.7 cm³/mol. The van der Waals surface area contributed by atoms with Crippen LogP contribution >= 0.6 is 24.8 Å². The number of nitro benzene ring substituents is 1. The van der Waals surface area contributed by atoms with Crippen molar-refractivity contribution in [3.63, 3.8) is 0 Å². The zero-order chi connectivity index (χ0) is 16.3. The standard InChI is InChI=1S/C14H19N3O3S2/c1-2-15-5-6-16(14(21)22)12(9-15)8-10-7-11(17(19)20)3-4-13(10)18/h3-4,7,12,18H,2,5-6,8-9H2,1H3,(H,21,22). The second-order valence-electron chi connectivity index (χ2n) is 5.30. The Morgan fingerprint density at radius 2 is 2.27 bits per heavy atom. The summed E-state index contributed by atoms with van der Waals surface area (Å²) < 4.78 is 0.519. The van der Waals surface area contributed by atoms with Crippen molar-refractivity contribution >= 4 is 34.9 Å². The van der Waals surface area contributed by atoms with Crippen molar-refractivity contribution in [3.8, 4) is 5.75 Å². The van der Waals surface area contributed by atoms with Gasteiger partial charge in [0.1, 0.15) is 10.1 Å². The number of piperazine rings is 1. The molecule has 1 unspecified atom stereocenters. The molecular weight excluding hydrogens is 322 g/mol. The van der Waals surface area contributed by atoms with Crippen molar-refractivity contribution in [3.05, 3.63) is 33.9 Å². The average molecular weight is 341 g/mol. The monoisotopic (exact) mass is 341 g/mol. The number of phenolic OH excluding ortho intramolecular Hbond substituents is 1. The van der Waals surface area contributed by atoms with Gasteiger partial charge in [0.25, 0.3) is 5.69 Å².